The number of anilines is 1. The van der Waals surface area contributed by atoms with E-state index < -0.39 is 0 Å². The van der Waals surface area contributed by atoms with Crippen molar-refractivity contribution in [1.29, 1.82) is 0 Å². The SMILES string of the molecule is CCNc1nc(-c2ccccc2C)nc2ccc(C)cc12. The first-order valence-electron chi connectivity index (χ1n) is 7.27. The summed E-state index contributed by atoms with van der Waals surface area (Å²) in [6.45, 7) is 7.10. The average Bonchev–Trinajstić information content (AvgIpc) is 2.48. The van der Waals surface area contributed by atoms with Crippen LogP contribution in [0.2, 0.25) is 0 Å². The largest absolute Gasteiger partial charge is 0.370 e. The molecule has 0 bridgehead atoms. The molecule has 0 radical (unpaired) electrons. The van der Waals surface area contributed by atoms with Crippen molar-refractivity contribution >= 4 is 16.7 Å². The Kier molecular flexibility index (Phi) is 3.57. The lowest BCUT2D eigenvalue weighted by Gasteiger charge is -2.11. The molecule has 0 aliphatic carbocycles. The van der Waals surface area contributed by atoms with Crippen LogP contribution >= 0.6 is 0 Å². The summed E-state index contributed by atoms with van der Waals surface area (Å²) < 4.78 is 0. The Bertz CT molecular complexity index is 794. The molecule has 0 fully saturated rings. The molecule has 0 unspecified atom stereocenters. The number of nitrogens with zero attached hydrogens (tertiary/aromatic N) is 2. The molecule has 21 heavy (non-hydrogen) atoms. The van der Waals surface area contributed by atoms with Gasteiger partial charge in [0.25, 0.3) is 0 Å². The summed E-state index contributed by atoms with van der Waals surface area (Å²) in [6, 6.07) is 14.5. The average molecular weight is 277 g/mol. The lowest BCUT2D eigenvalue weighted by Crippen LogP contribution is -2.03. The Morgan fingerprint density at radius 1 is 1.00 bits per heavy atom. The van der Waals surface area contributed by atoms with E-state index in [2.05, 4.69) is 56.4 Å². The van der Waals surface area contributed by atoms with E-state index >= 15 is 0 Å². The Labute approximate surface area is 125 Å². The van der Waals surface area contributed by atoms with Gasteiger partial charge in [0.1, 0.15) is 5.82 Å². The van der Waals surface area contributed by atoms with Crippen LogP contribution < -0.4 is 5.32 Å². The molecule has 106 valence electrons. The lowest BCUT2D eigenvalue weighted by atomic mass is 10.1. The summed E-state index contributed by atoms with van der Waals surface area (Å²) in [7, 11) is 0. The fourth-order valence-electron chi connectivity index (χ4n) is 2.49. The van der Waals surface area contributed by atoms with E-state index in [4.69, 9.17) is 9.97 Å². The molecule has 0 saturated heterocycles. The third kappa shape index (κ3) is 2.59. The van der Waals surface area contributed by atoms with Gasteiger partial charge in [0.05, 0.1) is 5.52 Å². The number of nitrogens with one attached hydrogen (secondary N) is 1. The standard InChI is InChI=1S/C18H19N3/c1-4-19-17-15-11-12(2)9-10-16(15)20-18(21-17)14-8-6-5-7-13(14)3/h5-11H,4H2,1-3H3,(H,19,20,21). The molecule has 3 nitrogen and oxygen atoms in total. The molecule has 0 amide bonds. The first kappa shape index (κ1) is 13.6. The van der Waals surface area contributed by atoms with Crippen molar-refractivity contribution < 1.29 is 0 Å². The van der Waals surface area contributed by atoms with Gasteiger partial charge >= 0.3 is 0 Å². The van der Waals surface area contributed by atoms with Crippen molar-refractivity contribution in [3.63, 3.8) is 0 Å². The van der Waals surface area contributed by atoms with Gasteiger partial charge in [0.15, 0.2) is 5.82 Å². The van der Waals surface area contributed by atoms with E-state index in [1.807, 2.05) is 12.1 Å². The van der Waals surface area contributed by atoms with Crippen molar-refractivity contribution in [3.8, 4) is 11.4 Å². The first-order valence-corrected chi connectivity index (χ1v) is 7.27. The maximum atomic E-state index is 4.74. The quantitative estimate of drug-likeness (QED) is 0.773. The maximum absolute atomic E-state index is 4.74. The molecular weight excluding hydrogens is 258 g/mol. The van der Waals surface area contributed by atoms with Crippen LogP contribution in [0, 0.1) is 13.8 Å². The topological polar surface area (TPSA) is 37.8 Å². The van der Waals surface area contributed by atoms with Crippen LogP contribution in [-0.2, 0) is 0 Å². The van der Waals surface area contributed by atoms with Crippen molar-refractivity contribution in [3.05, 3.63) is 53.6 Å². The van der Waals surface area contributed by atoms with Crippen LogP contribution in [0.3, 0.4) is 0 Å². The number of hydrogen-bond acceptors (Lipinski definition) is 3. The highest BCUT2D eigenvalue weighted by Crippen LogP contribution is 2.27. The van der Waals surface area contributed by atoms with Crippen LogP contribution in [-0.4, -0.2) is 16.5 Å². The van der Waals surface area contributed by atoms with Gasteiger partial charge in [0.2, 0.25) is 0 Å². The zero-order chi connectivity index (χ0) is 14.8. The minimum Gasteiger partial charge on any atom is -0.370 e. The predicted octanol–water partition coefficient (Wildman–Crippen LogP) is 4.35. The van der Waals surface area contributed by atoms with Crippen molar-refractivity contribution in [2.24, 2.45) is 0 Å². The normalized spacial score (nSPS) is 10.8. The number of aromatic nitrogens is 2. The summed E-state index contributed by atoms with van der Waals surface area (Å²) >= 11 is 0. The Morgan fingerprint density at radius 2 is 1.81 bits per heavy atom. The van der Waals surface area contributed by atoms with Crippen LogP contribution in [0.1, 0.15) is 18.1 Å². The minimum absolute atomic E-state index is 0.778. The smallest absolute Gasteiger partial charge is 0.162 e. The summed E-state index contributed by atoms with van der Waals surface area (Å²) in [5.41, 5.74) is 4.46. The minimum atomic E-state index is 0.778. The molecule has 0 aliphatic heterocycles. The number of hydrogen-bond donors (Lipinski definition) is 1. The van der Waals surface area contributed by atoms with Crippen molar-refractivity contribution in [2.75, 3.05) is 11.9 Å². The second kappa shape index (κ2) is 5.52. The van der Waals surface area contributed by atoms with Gasteiger partial charge < -0.3 is 5.32 Å². The van der Waals surface area contributed by atoms with Gasteiger partial charge in [-0.3, -0.25) is 0 Å². The first-order chi connectivity index (χ1) is 10.2. The highest BCUT2D eigenvalue weighted by atomic mass is 15.0. The summed E-state index contributed by atoms with van der Waals surface area (Å²) in [6.07, 6.45) is 0. The summed E-state index contributed by atoms with van der Waals surface area (Å²) in [4.78, 5) is 9.48. The Balaban J connectivity index is 2.26. The Morgan fingerprint density at radius 3 is 2.57 bits per heavy atom. The summed E-state index contributed by atoms with van der Waals surface area (Å²) in [5, 5.41) is 4.43. The highest BCUT2D eigenvalue weighted by molar-refractivity contribution is 5.91. The number of aryl methyl sites for hydroxylation is 2. The fraction of sp³-hybridized carbons (Fsp3) is 0.222. The van der Waals surface area contributed by atoms with E-state index in [-0.39, 0.29) is 0 Å². The second-order valence-electron chi connectivity index (χ2n) is 5.26. The lowest BCUT2D eigenvalue weighted by molar-refractivity contribution is 1.14. The molecule has 0 saturated carbocycles. The van der Waals surface area contributed by atoms with Crippen LogP contribution in [0.25, 0.3) is 22.3 Å². The van der Waals surface area contributed by atoms with E-state index in [1.165, 1.54) is 11.1 Å². The maximum Gasteiger partial charge on any atom is 0.162 e. The van der Waals surface area contributed by atoms with E-state index in [0.29, 0.717) is 0 Å². The van der Waals surface area contributed by atoms with Crippen molar-refractivity contribution in [1.82, 2.24) is 9.97 Å². The molecule has 3 rings (SSSR count). The van der Waals surface area contributed by atoms with E-state index in [1.54, 1.807) is 0 Å². The highest BCUT2D eigenvalue weighted by Gasteiger charge is 2.10. The molecule has 2 aromatic carbocycles. The summed E-state index contributed by atoms with van der Waals surface area (Å²) in [5.74, 6) is 1.69. The molecule has 3 aromatic rings. The van der Waals surface area contributed by atoms with Gasteiger partial charge in [0, 0.05) is 17.5 Å². The monoisotopic (exact) mass is 277 g/mol. The molecular formula is C18H19N3. The van der Waals surface area contributed by atoms with Crippen LogP contribution in [0.15, 0.2) is 42.5 Å². The van der Waals surface area contributed by atoms with Gasteiger partial charge in [-0.1, -0.05) is 35.9 Å². The third-order valence-electron chi connectivity index (χ3n) is 3.58. The molecule has 1 aromatic heterocycles. The van der Waals surface area contributed by atoms with Gasteiger partial charge in [-0.25, -0.2) is 9.97 Å². The van der Waals surface area contributed by atoms with E-state index in [9.17, 15) is 0 Å². The number of rotatable bonds is 3. The molecule has 0 aliphatic rings. The van der Waals surface area contributed by atoms with E-state index in [0.717, 1.165) is 34.7 Å². The van der Waals surface area contributed by atoms with Crippen LogP contribution in [0.4, 0.5) is 5.82 Å². The molecule has 1 N–H and O–H groups in total. The predicted molar refractivity (Wildman–Crippen MR) is 88.6 cm³/mol. The van der Waals surface area contributed by atoms with Crippen LogP contribution in [0.5, 0.6) is 0 Å². The molecule has 0 spiro atoms. The number of fused-ring (bicyclic) bond motifs is 1. The van der Waals surface area contributed by atoms with Gasteiger partial charge in [-0.05, 0) is 38.5 Å². The fourth-order valence-corrected chi connectivity index (χ4v) is 2.49. The zero-order valence-corrected chi connectivity index (χ0v) is 12.6. The Hall–Kier alpha value is -2.42. The number of benzene rings is 2. The molecule has 3 heteroatoms. The van der Waals surface area contributed by atoms with Gasteiger partial charge in [-0.2, -0.15) is 0 Å². The van der Waals surface area contributed by atoms with Crippen molar-refractivity contribution in [2.45, 2.75) is 20.8 Å². The molecule has 0 atom stereocenters. The third-order valence-corrected chi connectivity index (χ3v) is 3.58. The van der Waals surface area contributed by atoms with Gasteiger partial charge in [-0.15, -0.1) is 0 Å². The second-order valence-corrected chi connectivity index (χ2v) is 5.26. The molecule has 1 heterocycles. The zero-order valence-electron chi connectivity index (χ0n) is 12.6.